The molecule has 2 rings (SSSR count). The van der Waals surface area contributed by atoms with Crippen LogP contribution in [0.1, 0.15) is 23.9 Å². The molecule has 0 aliphatic rings. The van der Waals surface area contributed by atoms with Crippen LogP contribution in [0.15, 0.2) is 24.3 Å². The summed E-state index contributed by atoms with van der Waals surface area (Å²) in [7, 11) is 0. The third-order valence-electron chi connectivity index (χ3n) is 3.50. The smallest absolute Gasteiger partial charge is 0.159 e. The van der Waals surface area contributed by atoms with Crippen molar-refractivity contribution in [2.24, 2.45) is 11.7 Å². The summed E-state index contributed by atoms with van der Waals surface area (Å²) < 4.78 is 0. The predicted octanol–water partition coefficient (Wildman–Crippen LogP) is 2.60. The lowest BCUT2D eigenvalue weighted by Crippen LogP contribution is -2.15. The van der Waals surface area contributed by atoms with E-state index >= 15 is 0 Å². The molecule has 0 aliphatic heterocycles. The van der Waals surface area contributed by atoms with Gasteiger partial charge in [0.1, 0.15) is 5.75 Å². The minimum Gasteiger partial charge on any atom is -0.508 e. The molecule has 0 spiro atoms. The summed E-state index contributed by atoms with van der Waals surface area (Å²) in [5.41, 5.74) is 9.79. The van der Waals surface area contributed by atoms with E-state index in [4.69, 9.17) is 5.73 Å². The van der Waals surface area contributed by atoms with Crippen molar-refractivity contribution in [3.8, 4) is 17.1 Å². The van der Waals surface area contributed by atoms with Gasteiger partial charge in [-0.2, -0.15) is 0 Å². The number of aromatic hydroxyl groups is 1. The summed E-state index contributed by atoms with van der Waals surface area (Å²) >= 11 is 0. The van der Waals surface area contributed by atoms with Crippen LogP contribution in [0, 0.1) is 19.8 Å². The molecule has 2 aromatic rings. The van der Waals surface area contributed by atoms with Crippen molar-refractivity contribution in [3.63, 3.8) is 0 Å². The molecule has 4 nitrogen and oxygen atoms in total. The molecule has 0 bridgehead atoms. The van der Waals surface area contributed by atoms with Crippen LogP contribution in [-0.4, -0.2) is 21.6 Å². The van der Waals surface area contributed by atoms with Gasteiger partial charge < -0.3 is 10.8 Å². The highest BCUT2D eigenvalue weighted by atomic mass is 16.3. The van der Waals surface area contributed by atoms with Crippen molar-refractivity contribution in [2.45, 2.75) is 27.2 Å². The molecule has 106 valence electrons. The van der Waals surface area contributed by atoms with Crippen LogP contribution in [0.2, 0.25) is 0 Å². The zero-order valence-corrected chi connectivity index (χ0v) is 12.2. The third kappa shape index (κ3) is 3.14. The molecule has 1 aromatic carbocycles. The maximum absolute atomic E-state index is 9.33. The molecule has 1 aromatic heterocycles. The van der Waals surface area contributed by atoms with Crippen molar-refractivity contribution in [3.05, 3.63) is 41.2 Å². The van der Waals surface area contributed by atoms with Crippen LogP contribution in [0.25, 0.3) is 11.4 Å². The Balaban J connectivity index is 2.37. The van der Waals surface area contributed by atoms with Gasteiger partial charge in [-0.05, 0) is 62.6 Å². The minimum atomic E-state index is 0.246. The highest BCUT2D eigenvalue weighted by molar-refractivity contribution is 5.57. The highest BCUT2D eigenvalue weighted by Gasteiger charge is 2.12. The molecule has 0 radical (unpaired) electrons. The number of aryl methyl sites for hydroxylation is 2. The molecule has 0 fully saturated rings. The number of hydrogen-bond acceptors (Lipinski definition) is 4. The van der Waals surface area contributed by atoms with Crippen molar-refractivity contribution < 1.29 is 5.11 Å². The maximum Gasteiger partial charge on any atom is 0.159 e. The first-order valence-corrected chi connectivity index (χ1v) is 6.85. The number of nitrogens with two attached hydrogens (primary N) is 1. The number of nitrogens with zero attached hydrogens (tertiary/aromatic N) is 2. The summed E-state index contributed by atoms with van der Waals surface area (Å²) in [6.45, 7) is 6.82. The van der Waals surface area contributed by atoms with E-state index in [-0.39, 0.29) is 5.75 Å². The standard InChI is InChI=1S/C16H21N3O/c1-10(9-17)8-15-11(2)18-16(19-12(15)3)13-4-6-14(20)7-5-13/h4-7,10,20H,8-9,17H2,1-3H3. The Morgan fingerprint density at radius 3 is 2.15 bits per heavy atom. The average Bonchev–Trinajstić information content (AvgIpc) is 2.43. The highest BCUT2D eigenvalue weighted by Crippen LogP contribution is 2.22. The fraction of sp³-hybridized carbons (Fsp3) is 0.375. The zero-order valence-electron chi connectivity index (χ0n) is 12.2. The van der Waals surface area contributed by atoms with Crippen molar-refractivity contribution in [1.82, 2.24) is 9.97 Å². The second-order valence-corrected chi connectivity index (χ2v) is 5.29. The van der Waals surface area contributed by atoms with Gasteiger partial charge in [-0.1, -0.05) is 6.92 Å². The van der Waals surface area contributed by atoms with Crippen molar-refractivity contribution in [1.29, 1.82) is 0 Å². The van der Waals surface area contributed by atoms with Crippen molar-refractivity contribution >= 4 is 0 Å². The molecule has 1 heterocycles. The van der Waals surface area contributed by atoms with Gasteiger partial charge in [0, 0.05) is 17.0 Å². The number of benzene rings is 1. The first kappa shape index (κ1) is 14.5. The quantitative estimate of drug-likeness (QED) is 0.896. The molecule has 0 saturated heterocycles. The molecular weight excluding hydrogens is 250 g/mol. The third-order valence-corrected chi connectivity index (χ3v) is 3.50. The Morgan fingerprint density at radius 2 is 1.65 bits per heavy atom. The molecular formula is C16H21N3O. The van der Waals surface area contributed by atoms with E-state index in [1.165, 1.54) is 5.56 Å². The molecule has 0 amide bonds. The Kier molecular flexibility index (Phi) is 4.35. The van der Waals surface area contributed by atoms with Crippen LogP contribution < -0.4 is 5.73 Å². The first-order chi connectivity index (χ1) is 9.51. The SMILES string of the molecule is Cc1nc(-c2ccc(O)cc2)nc(C)c1CC(C)CN. The molecule has 3 N–H and O–H groups in total. The average molecular weight is 271 g/mol. The van der Waals surface area contributed by atoms with Gasteiger partial charge in [0.15, 0.2) is 5.82 Å². The monoisotopic (exact) mass is 271 g/mol. The van der Waals surface area contributed by atoms with E-state index < -0.39 is 0 Å². The molecule has 0 saturated carbocycles. The molecule has 0 aliphatic carbocycles. The lowest BCUT2D eigenvalue weighted by Gasteiger charge is -2.14. The van der Waals surface area contributed by atoms with Gasteiger partial charge in [-0.25, -0.2) is 9.97 Å². The summed E-state index contributed by atoms with van der Waals surface area (Å²) in [5, 5.41) is 9.33. The lowest BCUT2D eigenvalue weighted by molar-refractivity contribution is 0.475. The molecule has 4 heteroatoms. The Bertz CT molecular complexity index is 570. The number of hydrogen-bond donors (Lipinski definition) is 2. The van der Waals surface area contributed by atoms with Crippen LogP contribution >= 0.6 is 0 Å². The van der Waals surface area contributed by atoms with Crippen LogP contribution in [0.3, 0.4) is 0 Å². The molecule has 20 heavy (non-hydrogen) atoms. The van der Waals surface area contributed by atoms with E-state index in [1.54, 1.807) is 12.1 Å². The van der Waals surface area contributed by atoms with Gasteiger partial charge in [0.2, 0.25) is 0 Å². The second-order valence-electron chi connectivity index (χ2n) is 5.29. The minimum absolute atomic E-state index is 0.246. The maximum atomic E-state index is 9.33. The Morgan fingerprint density at radius 1 is 1.10 bits per heavy atom. The van der Waals surface area contributed by atoms with Gasteiger partial charge >= 0.3 is 0 Å². The van der Waals surface area contributed by atoms with Gasteiger partial charge in [-0.3, -0.25) is 0 Å². The first-order valence-electron chi connectivity index (χ1n) is 6.85. The zero-order chi connectivity index (χ0) is 14.7. The number of phenolic OH excluding ortho intramolecular Hbond substituents is 1. The normalized spacial score (nSPS) is 12.4. The van der Waals surface area contributed by atoms with Crippen LogP contribution in [0.5, 0.6) is 5.75 Å². The van der Waals surface area contributed by atoms with E-state index in [2.05, 4.69) is 16.9 Å². The van der Waals surface area contributed by atoms with Crippen LogP contribution in [0.4, 0.5) is 0 Å². The topological polar surface area (TPSA) is 72.0 Å². The van der Waals surface area contributed by atoms with Crippen molar-refractivity contribution in [2.75, 3.05) is 6.54 Å². The van der Waals surface area contributed by atoms with Gasteiger partial charge in [0.05, 0.1) is 0 Å². The van der Waals surface area contributed by atoms with E-state index in [0.29, 0.717) is 18.3 Å². The number of rotatable bonds is 4. The fourth-order valence-electron chi connectivity index (χ4n) is 2.21. The summed E-state index contributed by atoms with van der Waals surface area (Å²) in [5.74, 6) is 1.37. The number of aromatic nitrogens is 2. The van der Waals surface area contributed by atoms with Gasteiger partial charge in [-0.15, -0.1) is 0 Å². The Labute approximate surface area is 119 Å². The number of phenols is 1. The van der Waals surface area contributed by atoms with E-state index in [9.17, 15) is 5.11 Å². The van der Waals surface area contributed by atoms with Gasteiger partial charge in [0.25, 0.3) is 0 Å². The second kappa shape index (κ2) is 6.01. The molecule has 1 atom stereocenters. The summed E-state index contributed by atoms with van der Waals surface area (Å²) in [6.07, 6.45) is 0.907. The summed E-state index contributed by atoms with van der Waals surface area (Å²) in [6, 6.07) is 6.94. The Hall–Kier alpha value is -1.94. The lowest BCUT2D eigenvalue weighted by atomic mass is 9.99. The van der Waals surface area contributed by atoms with E-state index in [0.717, 1.165) is 23.4 Å². The summed E-state index contributed by atoms with van der Waals surface area (Å²) in [4.78, 5) is 9.18. The predicted molar refractivity (Wildman–Crippen MR) is 80.5 cm³/mol. The van der Waals surface area contributed by atoms with Crippen LogP contribution in [-0.2, 0) is 6.42 Å². The fourth-order valence-corrected chi connectivity index (χ4v) is 2.21. The van der Waals surface area contributed by atoms with E-state index in [1.807, 2.05) is 26.0 Å². The molecule has 1 unspecified atom stereocenters. The largest absolute Gasteiger partial charge is 0.508 e.